The van der Waals surface area contributed by atoms with Gasteiger partial charge in [-0.15, -0.1) is 0 Å². The molecule has 2 aliphatic rings. The zero-order valence-corrected chi connectivity index (χ0v) is 20.2. The third kappa shape index (κ3) is 6.44. The molecule has 192 valence electrons. The van der Waals surface area contributed by atoms with Gasteiger partial charge in [0.2, 0.25) is 29.5 Å². The van der Waals surface area contributed by atoms with Crippen LogP contribution in [0, 0.1) is 5.92 Å². The van der Waals surface area contributed by atoms with Crippen LogP contribution in [0.4, 0.5) is 0 Å². The molecule has 12 nitrogen and oxygen atoms in total. The summed E-state index contributed by atoms with van der Waals surface area (Å²) >= 11 is 0. The van der Waals surface area contributed by atoms with Gasteiger partial charge in [-0.2, -0.15) is 0 Å². The maximum atomic E-state index is 13.0. The van der Waals surface area contributed by atoms with E-state index in [-0.39, 0.29) is 24.8 Å². The fourth-order valence-electron chi connectivity index (χ4n) is 4.07. The molecule has 0 radical (unpaired) electrons. The van der Waals surface area contributed by atoms with E-state index in [0.717, 1.165) is 0 Å². The van der Waals surface area contributed by atoms with E-state index in [4.69, 9.17) is 5.73 Å². The Balaban J connectivity index is 2.31. The summed E-state index contributed by atoms with van der Waals surface area (Å²) in [6.45, 7) is 5.31. The molecular weight excluding hydrogens is 444 g/mol. The quantitative estimate of drug-likeness (QED) is 0.231. The summed E-state index contributed by atoms with van der Waals surface area (Å²) in [6.07, 6.45) is 1.97. The number of carbonyl (C=O) groups excluding carboxylic acids is 5. The zero-order valence-electron chi connectivity index (χ0n) is 20.2. The lowest BCUT2D eigenvalue weighted by atomic mass is 9.84. The first-order valence-corrected chi connectivity index (χ1v) is 11.9. The summed E-state index contributed by atoms with van der Waals surface area (Å²) in [5, 5.41) is 20.2. The number of nitrogens with zero attached hydrogens (tertiary/aromatic N) is 1. The molecule has 2 aliphatic heterocycles. The molecule has 0 aromatic rings. The first-order valence-electron chi connectivity index (χ1n) is 11.9. The lowest BCUT2D eigenvalue weighted by Gasteiger charge is -2.49. The Kier molecular flexibility index (Phi) is 9.80. The summed E-state index contributed by atoms with van der Waals surface area (Å²) in [4.78, 5) is 65.7. The molecule has 4 atom stereocenters. The molecule has 34 heavy (non-hydrogen) atoms. The predicted octanol–water partition coefficient (Wildman–Crippen LogP) is -2.27. The van der Waals surface area contributed by atoms with Gasteiger partial charge < -0.3 is 37.0 Å². The molecule has 0 spiro atoms. The number of unbranched alkanes of at least 4 members (excludes halogenated alkanes) is 1. The Hall–Kier alpha value is -2.73. The first kappa shape index (κ1) is 27.5. The second-order valence-corrected chi connectivity index (χ2v) is 9.39. The molecule has 2 rings (SSSR count). The number of fused-ring (bicyclic) bond motifs is 1. The Labute approximate surface area is 199 Å². The van der Waals surface area contributed by atoms with Crippen molar-refractivity contribution in [3.8, 4) is 0 Å². The largest absolute Gasteiger partial charge is 0.394 e. The van der Waals surface area contributed by atoms with Gasteiger partial charge >= 0.3 is 0 Å². The molecular formula is C22H38N6O6. The van der Waals surface area contributed by atoms with Gasteiger partial charge in [-0.3, -0.25) is 24.0 Å². The van der Waals surface area contributed by atoms with Crippen LogP contribution >= 0.6 is 0 Å². The SMILES string of the molecule is CC(C)[C@@H]1NC(=O)[C@@]2(C)CCN2C(=O)CCNC(=O)[C@H](CCCCN)NC(=O)[C@H](CO)NC1=O. The van der Waals surface area contributed by atoms with Crippen LogP contribution in [0.3, 0.4) is 0 Å². The molecule has 5 amide bonds. The van der Waals surface area contributed by atoms with Crippen LogP contribution in [0.2, 0.25) is 0 Å². The number of rotatable bonds is 6. The van der Waals surface area contributed by atoms with Crippen molar-refractivity contribution < 1.29 is 29.1 Å². The number of aliphatic hydroxyl groups excluding tert-OH is 1. The number of hydrogen-bond acceptors (Lipinski definition) is 7. The van der Waals surface area contributed by atoms with Crippen LogP contribution in [0.25, 0.3) is 0 Å². The Bertz CT molecular complexity index is 790. The van der Waals surface area contributed by atoms with Crippen molar-refractivity contribution in [2.24, 2.45) is 11.7 Å². The van der Waals surface area contributed by atoms with Crippen LogP contribution in [0.1, 0.15) is 52.9 Å². The predicted molar refractivity (Wildman–Crippen MR) is 123 cm³/mol. The maximum Gasteiger partial charge on any atom is 0.246 e. The molecule has 7 N–H and O–H groups in total. The monoisotopic (exact) mass is 482 g/mol. The number of amides is 5. The lowest BCUT2D eigenvalue weighted by molar-refractivity contribution is -0.158. The van der Waals surface area contributed by atoms with Gasteiger partial charge in [0.15, 0.2) is 0 Å². The average molecular weight is 483 g/mol. The van der Waals surface area contributed by atoms with Crippen molar-refractivity contribution in [3.05, 3.63) is 0 Å². The number of hydrogen-bond donors (Lipinski definition) is 6. The fourth-order valence-corrected chi connectivity index (χ4v) is 4.07. The van der Waals surface area contributed by atoms with E-state index in [1.807, 2.05) is 0 Å². The standard InChI is InChI=1S/C22H38N6O6/c1-13(2)17-20(33)26-15(12-29)19(32)25-14(6-4-5-9-23)18(31)24-10-7-16(30)28-11-8-22(28,3)21(34)27-17/h13-15,17,29H,4-12,23H2,1-3H3,(H,24,31)(H,25,32)(H,26,33)(H,27,34)/t14-,15-,17-,22+/m0/s1. The summed E-state index contributed by atoms with van der Waals surface area (Å²) in [5.74, 6) is -2.93. The molecule has 0 aliphatic carbocycles. The van der Waals surface area contributed by atoms with Crippen LogP contribution in [0.5, 0.6) is 0 Å². The van der Waals surface area contributed by atoms with E-state index in [2.05, 4.69) is 21.3 Å². The second-order valence-electron chi connectivity index (χ2n) is 9.39. The highest BCUT2D eigenvalue weighted by atomic mass is 16.3. The fraction of sp³-hybridized carbons (Fsp3) is 0.773. The summed E-state index contributed by atoms with van der Waals surface area (Å²) in [5.41, 5.74) is 4.42. The van der Waals surface area contributed by atoms with Crippen LogP contribution < -0.4 is 27.0 Å². The van der Waals surface area contributed by atoms with Crippen molar-refractivity contribution >= 4 is 29.5 Å². The van der Waals surface area contributed by atoms with Crippen molar-refractivity contribution in [2.75, 3.05) is 26.2 Å². The van der Waals surface area contributed by atoms with Gasteiger partial charge in [0, 0.05) is 19.5 Å². The molecule has 2 saturated heterocycles. The third-order valence-corrected chi connectivity index (χ3v) is 6.48. The average Bonchev–Trinajstić information content (AvgIpc) is 2.77. The molecule has 12 heteroatoms. The minimum atomic E-state index is -1.30. The minimum absolute atomic E-state index is 0.00850. The van der Waals surface area contributed by atoms with Gasteiger partial charge in [-0.05, 0) is 45.1 Å². The Morgan fingerprint density at radius 2 is 1.71 bits per heavy atom. The number of nitrogens with one attached hydrogen (secondary N) is 4. The second kappa shape index (κ2) is 12.1. The van der Waals surface area contributed by atoms with Crippen LogP contribution in [-0.4, -0.2) is 89.4 Å². The topological polar surface area (TPSA) is 183 Å². The first-order chi connectivity index (χ1) is 16.0. The van der Waals surface area contributed by atoms with Crippen molar-refractivity contribution in [1.82, 2.24) is 26.2 Å². The maximum absolute atomic E-state index is 13.0. The molecule has 0 saturated carbocycles. The van der Waals surface area contributed by atoms with Crippen LogP contribution in [0.15, 0.2) is 0 Å². The highest BCUT2D eigenvalue weighted by molar-refractivity contribution is 5.98. The Morgan fingerprint density at radius 1 is 1.03 bits per heavy atom. The third-order valence-electron chi connectivity index (χ3n) is 6.48. The smallest absolute Gasteiger partial charge is 0.246 e. The van der Waals surface area contributed by atoms with Gasteiger partial charge in [0.05, 0.1) is 6.61 Å². The van der Waals surface area contributed by atoms with E-state index < -0.39 is 53.9 Å². The minimum Gasteiger partial charge on any atom is -0.394 e. The molecule has 0 bridgehead atoms. The van der Waals surface area contributed by atoms with Gasteiger partial charge in [0.25, 0.3) is 0 Å². The van der Waals surface area contributed by atoms with Crippen molar-refractivity contribution in [1.29, 1.82) is 0 Å². The van der Waals surface area contributed by atoms with Gasteiger partial charge in [-0.25, -0.2) is 0 Å². The number of carbonyl (C=O) groups is 5. The number of aliphatic hydroxyl groups is 1. The van der Waals surface area contributed by atoms with Gasteiger partial charge in [-0.1, -0.05) is 13.8 Å². The molecule has 2 heterocycles. The van der Waals surface area contributed by atoms with E-state index in [1.54, 1.807) is 20.8 Å². The van der Waals surface area contributed by atoms with Crippen molar-refractivity contribution in [3.63, 3.8) is 0 Å². The van der Waals surface area contributed by atoms with Crippen molar-refractivity contribution in [2.45, 2.75) is 76.5 Å². The summed E-state index contributed by atoms with van der Waals surface area (Å²) < 4.78 is 0. The Morgan fingerprint density at radius 3 is 2.26 bits per heavy atom. The zero-order chi connectivity index (χ0) is 25.5. The molecule has 0 aromatic heterocycles. The van der Waals surface area contributed by atoms with Gasteiger partial charge in [0.1, 0.15) is 23.7 Å². The lowest BCUT2D eigenvalue weighted by Crippen LogP contribution is -2.69. The summed E-state index contributed by atoms with van der Waals surface area (Å²) in [7, 11) is 0. The van der Waals surface area contributed by atoms with E-state index in [9.17, 15) is 29.1 Å². The summed E-state index contributed by atoms with van der Waals surface area (Å²) in [6, 6.07) is -3.20. The number of nitrogens with two attached hydrogens (primary N) is 1. The van der Waals surface area contributed by atoms with Crippen LogP contribution in [-0.2, 0) is 24.0 Å². The van der Waals surface area contributed by atoms with E-state index in [1.165, 1.54) is 4.90 Å². The highest BCUT2D eigenvalue weighted by Crippen LogP contribution is 2.31. The molecule has 0 aromatic carbocycles. The van der Waals surface area contributed by atoms with E-state index >= 15 is 0 Å². The normalized spacial score (nSPS) is 29.5. The van der Waals surface area contributed by atoms with E-state index in [0.29, 0.717) is 38.8 Å². The highest BCUT2D eigenvalue weighted by Gasteiger charge is 2.50. The molecule has 0 unspecified atom stereocenters. The molecule has 2 fully saturated rings.